The van der Waals surface area contributed by atoms with Gasteiger partial charge in [-0.05, 0) is 55.5 Å². The summed E-state index contributed by atoms with van der Waals surface area (Å²) in [4.78, 5) is 13.6. The van der Waals surface area contributed by atoms with Crippen molar-refractivity contribution in [3.05, 3.63) is 65.5 Å². The maximum Gasteiger partial charge on any atom is 0.416 e. The van der Waals surface area contributed by atoms with E-state index in [1.165, 1.54) is 18.6 Å². The molecule has 2 aromatic carbocycles. The molecular formula is C27H25F3N6O. The van der Waals surface area contributed by atoms with Crippen molar-refractivity contribution in [2.24, 2.45) is 5.92 Å². The van der Waals surface area contributed by atoms with E-state index in [9.17, 15) is 18.4 Å². The zero-order valence-electron chi connectivity index (χ0n) is 20.4. The van der Waals surface area contributed by atoms with Crippen LogP contribution in [0.1, 0.15) is 43.1 Å². The van der Waals surface area contributed by atoms with Crippen LogP contribution in [0.25, 0.3) is 22.6 Å². The normalized spacial score (nSPS) is 14.7. The third-order valence-electron chi connectivity index (χ3n) is 6.87. The number of aromatic nitrogens is 4. The second-order valence-electron chi connectivity index (χ2n) is 9.25. The Morgan fingerprint density at radius 2 is 1.89 bits per heavy atom. The van der Waals surface area contributed by atoms with E-state index in [0.29, 0.717) is 40.0 Å². The second kappa shape index (κ2) is 9.73. The molecule has 0 aliphatic heterocycles. The fraction of sp³-hybridized carbons (Fsp3) is 0.333. The Kier molecular flexibility index (Phi) is 6.46. The molecular weight excluding hydrogens is 481 g/mol. The summed E-state index contributed by atoms with van der Waals surface area (Å²) >= 11 is 0. The van der Waals surface area contributed by atoms with Crippen LogP contribution < -0.4 is 10.1 Å². The molecule has 0 unspecified atom stereocenters. The van der Waals surface area contributed by atoms with Crippen LogP contribution in [0.3, 0.4) is 0 Å². The van der Waals surface area contributed by atoms with Crippen LogP contribution in [-0.2, 0) is 12.7 Å². The number of ether oxygens (including phenoxy) is 1. The molecule has 10 heteroatoms. The predicted octanol–water partition coefficient (Wildman–Crippen LogP) is 6.04. The first-order chi connectivity index (χ1) is 17.8. The predicted molar refractivity (Wildman–Crippen MR) is 133 cm³/mol. The number of anilines is 1. The minimum absolute atomic E-state index is 0.00724. The number of nitrogens with zero attached hydrogens (tertiary/aromatic N) is 5. The number of nitrogens with one attached hydrogen (secondary N) is 1. The molecule has 0 spiro atoms. The molecule has 7 nitrogen and oxygen atoms in total. The number of imidazole rings is 1. The first-order valence-corrected chi connectivity index (χ1v) is 12.0. The van der Waals surface area contributed by atoms with E-state index in [1.54, 1.807) is 7.11 Å². The van der Waals surface area contributed by atoms with E-state index in [0.717, 1.165) is 30.5 Å². The number of nitriles is 1. The Morgan fingerprint density at radius 1 is 1.14 bits per heavy atom. The van der Waals surface area contributed by atoms with Crippen LogP contribution in [0, 0.1) is 17.2 Å². The van der Waals surface area contributed by atoms with Crippen LogP contribution >= 0.6 is 0 Å². The van der Waals surface area contributed by atoms with Gasteiger partial charge >= 0.3 is 6.18 Å². The topological polar surface area (TPSA) is 88.7 Å². The van der Waals surface area contributed by atoms with E-state index in [1.807, 2.05) is 34.9 Å². The summed E-state index contributed by atoms with van der Waals surface area (Å²) in [5.41, 5.74) is 1.60. The van der Waals surface area contributed by atoms with Gasteiger partial charge in [0.1, 0.15) is 23.2 Å². The minimum Gasteiger partial charge on any atom is -0.497 e. The van der Waals surface area contributed by atoms with Gasteiger partial charge in [0.05, 0.1) is 12.7 Å². The SMILES string of the molecule is COc1cccc(-c2nc3nc(C#N)nc(N[C@H](C)C4CCC4)c3n2Cc2ccc(C(F)(F)F)cc2)c1. The summed E-state index contributed by atoms with van der Waals surface area (Å²) in [6, 6.07) is 14.5. The molecule has 1 saturated carbocycles. The molecule has 0 amide bonds. The highest BCUT2D eigenvalue weighted by Crippen LogP contribution is 2.35. The summed E-state index contributed by atoms with van der Waals surface area (Å²) < 4.78 is 46.6. The maximum absolute atomic E-state index is 13.1. The van der Waals surface area contributed by atoms with Gasteiger partial charge in [0.2, 0.25) is 5.82 Å². The lowest BCUT2D eigenvalue weighted by Gasteiger charge is -2.32. The van der Waals surface area contributed by atoms with Crippen molar-refractivity contribution >= 4 is 17.0 Å². The molecule has 2 heterocycles. The van der Waals surface area contributed by atoms with Gasteiger partial charge in [-0.25, -0.2) is 4.98 Å². The Bertz CT molecular complexity index is 1470. The number of fused-ring (bicyclic) bond motifs is 1. The molecule has 5 rings (SSSR count). The lowest BCUT2D eigenvalue weighted by atomic mass is 9.80. The highest BCUT2D eigenvalue weighted by molar-refractivity contribution is 5.87. The average Bonchev–Trinajstić information content (AvgIpc) is 3.21. The third-order valence-corrected chi connectivity index (χ3v) is 6.87. The number of methoxy groups -OCH3 is 1. The fourth-order valence-electron chi connectivity index (χ4n) is 4.58. The van der Waals surface area contributed by atoms with Crippen molar-refractivity contribution in [1.29, 1.82) is 5.26 Å². The largest absolute Gasteiger partial charge is 0.497 e. The Balaban J connectivity index is 1.67. The van der Waals surface area contributed by atoms with E-state index in [4.69, 9.17) is 9.72 Å². The molecule has 1 N–H and O–H groups in total. The minimum atomic E-state index is -4.41. The van der Waals surface area contributed by atoms with Crippen LogP contribution in [0.4, 0.5) is 19.0 Å². The molecule has 4 aromatic rings. The van der Waals surface area contributed by atoms with Crippen molar-refractivity contribution in [2.75, 3.05) is 12.4 Å². The van der Waals surface area contributed by atoms with Gasteiger partial charge in [-0.3, -0.25) is 0 Å². The molecule has 1 aliphatic carbocycles. The van der Waals surface area contributed by atoms with Crippen LogP contribution in [-0.4, -0.2) is 32.7 Å². The number of rotatable bonds is 7. The molecule has 37 heavy (non-hydrogen) atoms. The van der Waals surface area contributed by atoms with Crippen LogP contribution in [0.5, 0.6) is 5.75 Å². The van der Waals surface area contributed by atoms with Crippen molar-refractivity contribution in [2.45, 2.75) is 44.9 Å². The molecule has 0 radical (unpaired) electrons. The zero-order chi connectivity index (χ0) is 26.2. The smallest absolute Gasteiger partial charge is 0.416 e. The van der Waals surface area contributed by atoms with Gasteiger partial charge in [-0.1, -0.05) is 30.7 Å². The highest BCUT2D eigenvalue weighted by atomic mass is 19.4. The molecule has 0 bridgehead atoms. The Hall–Kier alpha value is -4.13. The van der Waals surface area contributed by atoms with Crippen LogP contribution in [0.15, 0.2) is 48.5 Å². The quantitative estimate of drug-likeness (QED) is 0.329. The standard InChI is InChI=1S/C27H25F3N6O/c1-16(18-5-3-6-18)32-24-23-25(34-22(14-31)33-24)35-26(19-7-4-8-21(13-19)37-2)36(23)15-17-9-11-20(12-10-17)27(28,29)30/h4,7-13,16,18H,3,5-6,15H2,1-2H3,(H,32,33,34)/t16-/m1/s1. The maximum atomic E-state index is 13.1. The number of halogens is 3. The number of hydrogen-bond donors (Lipinski definition) is 1. The molecule has 190 valence electrons. The summed E-state index contributed by atoms with van der Waals surface area (Å²) in [7, 11) is 1.57. The van der Waals surface area contributed by atoms with E-state index in [2.05, 4.69) is 22.2 Å². The molecule has 1 fully saturated rings. The van der Waals surface area contributed by atoms with Crippen molar-refractivity contribution in [3.63, 3.8) is 0 Å². The van der Waals surface area contributed by atoms with E-state index >= 15 is 0 Å². The second-order valence-corrected chi connectivity index (χ2v) is 9.25. The Labute approximate surface area is 212 Å². The monoisotopic (exact) mass is 506 g/mol. The first-order valence-electron chi connectivity index (χ1n) is 12.0. The van der Waals surface area contributed by atoms with Gasteiger partial charge in [0.25, 0.3) is 0 Å². The van der Waals surface area contributed by atoms with Gasteiger partial charge in [0, 0.05) is 18.2 Å². The summed E-state index contributed by atoms with van der Waals surface area (Å²) in [6.45, 7) is 2.31. The van der Waals surface area contributed by atoms with E-state index in [-0.39, 0.29) is 18.4 Å². The molecule has 1 atom stereocenters. The van der Waals surface area contributed by atoms with Gasteiger partial charge in [0.15, 0.2) is 11.5 Å². The van der Waals surface area contributed by atoms with Crippen molar-refractivity contribution in [1.82, 2.24) is 19.5 Å². The van der Waals surface area contributed by atoms with Gasteiger partial charge in [-0.2, -0.15) is 28.4 Å². The lowest BCUT2D eigenvalue weighted by molar-refractivity contribution is -0.137. The van der Waals surface area contributed by atoms with Gasteiger partial charge in [-0.15, -0.1) is 0 Å². The highest BCUT2D eigenvalue weighted by Gasteiger charge is 2.30. The first kappa shape index (κ1) is 24.6. The lowest BCUT2D eigenvalue weighted by Crippen LogP contribution is -2.31. The number of alkyl halides is 3. The molecule has 1 aliphatic rings. The fourth-order valence-corrected chi connectivity index (χ4v) is 4.58. The molecule has 2 aromatic heterocycles. The average molecular weight is 507 g/mol. The summed E-state index contributed by atoms with van der Waals surface area (Å²) in [5, 5.41) is 13.0. The number of hydrogen-bond acceptors (Lipinski definition) is 6. The van der Waals surface area contributed by atoms with Gasteiger partial charge < -0.3 is 14.6 Å². The number of benzene rings is 2. The summed E-state index contributed by atoms with van der Waals surface area (Å²) in [5.74, 6) is 2.14. The Morgan fingerprint density at radius 3 is 2.51 bits per heavy atom. The van der Waals surface area contributed by atoms with Crippen molar-refractivity contribution < 1.29 is 17.9 Å². The van der Waals surface area contributed by atoms with Crippen molar-refractivity contribution in [3.8, 4) is 23.2 Å². The zero-order valence-corrected chi connectivity index (χ0v) is 20.4. The van der Waals surface area contributed by atoms with Crippen LogP contribution in [0.2, 0.25) is 0 Å². The third kappa shape index (κ3) is 4.94. The summed E-state index contributed by atoms with van der Waals surface area (Å²) in [6.07, 6.45) is -0.992. The molecule has 0 saturated heterocycles. The van der Waals surface area contributed by atoms with E-state index < -0.39 is 11.7 Å².